The smallest absolute Gasteiger partial charge is 0.125 e. The van der Waals surface area contributed by atoms with Gasteiger partial charge in [-0.3, -0.25) is 4.98 Å². The van der Waals surface area contributed by atoms with Crippen molar-refractivity contribution in [3.05, 3.63) is 47.8 Å². The van der Waals surface area contributed by atoms with Gasteiger partial charge >= 0.3 is 0 Å². The van der Waals surface area contributed by atoms with E-state index in [0.29, 0.717) is 12.5 Å². The molecular formula is C17H21NO2. The van der Waals surface area contributed by atoms with Gasteiger partial charge in [-0.2, -0.15) is 0 Å². The van der Waals surface area contributed by atoms with Crippen LogP contribution in [0.15, 0.2) is 36.5 Å². The van der Waals surface area contributed by atoms with Gasteiger partial charge in [0.25, 0.3) is 0 Å². The lowest BCUT2D eigenvalue weighted by Crippen LogP contribution is -2.06. The van der Waals surface area contributed by atoms with Crippen molar-refractivity contribution < 1.29 is 9.84 Å². The van der Waals surface area contributed by atoms with Crippen LogP contribution in [0.1, 0.15) is 25.1 Å². The van der Waals surface area contributed by atoms with Gasteiger partial charge in [-0.15, -0.1) is 0 Å². The average molecular weight is 271 g/mol. The first-order chi connectivity index (χ1) is 9.60. The molecule has 0 radical (unpaired) electrons. The summed E-state index contributed by atoms with van der Waals surface area (Å²) in [5.41, 5.74) is 3.91. The van der Waals surface area contributed by atoms with Crippen LogP contribution in [0.2, 0.25) is 0 Å². The second-order valence-electron chi connectivity index (χ2n) is 5.37. The fourth-order valence-corrected chi connectivity index (χ4v) is 1.89. The molecule has 0 aliphatic rings. The first kappa shape index (κ1) is 14.5. The quantitative estimate of drug-likeness (QED) is 0.903. The molecule has 1 N–H and O–H groups in total. The second kappa shape index (κ2) is 6.53. The first-order valence-corrected chi connectivity index (χ1v) is 6.89. The van der Waals surface area contributed by atoms with E-state index in [1.807, 2.05) is 43.5 Å². The molecule has 3 heteroatoms. The molecule has 1 aromatic heterocycles. The zero-order chi connectivity index (χ0) is 14.5. The van der Waals surface area contributed by atoms with Crippen molar-refractivity contribution in [3.63, 3.8) is 0 Å². The highest BCUT2D eigenvalue weighted by atomic mass is 16.5. The summed E-state index contributed by atoms with van der Waals surface area (Å²) in [5, 5.41) is 9.39. The summed E-state index contributed by atoms with van der Waals surface area (Å²) in [4.78, 5) is 4.31. The maximum Gasteiger partial charge on any atom is 0.125 e. The van der Waals surface area contributed by atoms with E-state index in [1.165, 1.54) is 0 Å². The van der Waals surface area contributed by atoms with Crippen molar-refractivity contribution in [1.29, 1.82) is 0 Å². The molecule has 0 saturated heterocycles. The maximum atomic E-state index is 9.39. The molecule has 2 aromatic rings. The fourth-order valence-electron chi connectivity index (χ4n) is 1.89. The van der Waals surface area contributed by atoms with Gasteiger partial charge in [-0.1, -0.05) is 32.0 Å². The molecule has 0 unspecified atom stereocenters. The third-order valence-corrected chi connectivity index (χ3v) is 3.05. The predicted molar refractivity (Wildman–Crippen MR) is 80.7 cm³/mol. The summed E-state index contributed by atoms with van der Waals surface area (Å²) in [6.07, 6.45) is 1.86. The van der Waals surface area contributed by atoms with Gasteiger partial charge in [0.2, 0.25) is 0 Å². The maximum absolute atomic E-state index is 9.39. The minimum absolute atomic E-state index is 0.0140. The summed E-state index contributed by atoms with van der Waals surface area (Å²) >= 11 is 0. The highest BCUT2D eigenvalue weighted by Gasteiger charge is 2.07. The van der Waals surface area contributed by atoms with E-state index in [0.717, 1.165) is 28.1 Å². The van der Waals surface area contributed by atoms with E-state index in [4.69, 9.17) is 4.74 Å². The molecule has 1 aromatic carbocycles. The molecule has 3 nitrogen and oxygen atoms in total. The standard InChI is InChI=1S/C17H21NO2/c1-12(2)11-20-17-8-14(6-7-16(17)10-19)15-5-4-13(3)18-9-15/h4-9,12,19H,10-11H2,1-3H3. The van der Waals surface area contributed by atoms with E-state index in [-0.39, 0.29) is 6.61 Å². The lowest BCUT2D eigenvalue weighted by molar-refractivity contribution is 0.246. The molecule has 106 valence electrons. The summed E-state index contributed by atoms with van der Waals surface area (Å²) in [5.74, 6) is 1.20. The van der Waals surface area contributed by atoms with Crippen LogP contribution in [0.25, 0.3) is 11.1 Å². The Hall–Kier alpha value is -1.87. The molecule has 0 atom stereocenters. The number of benzene rings is 1. The van der Waals surface area contributed by atoms with Crippen LogP contribution >= 0.6 is 0 Å². The minimum atomic E-state index is -0.0140. The van der Waals surface area contributed by atoms with Gasteiger partial charge in [0, 0.05) is 23.0 Å². The normalized spacial score (nSPS) is 10.8. The van der Waals surface area contributed by atoms with Crippen LogP contribution in [0.3, 0.4) is 0 Å². The van der Waals surface area contributed by atoms with Crippen LogP contribution in [-0.4, -0.2) is 16.7 Å². The van der Waals surface area contributed by atoms with Crippen molar-refractivity contribution in [2.24, 2.45) is 5.92 Å². The van der Waals surface area contributed by atoms with E-state index < -0.39 is 0 Å². The minimum Gasteiger partial charge on any atom is -0.493 e. The van der Waals surface area contributed by atoms with Crippen LogP contribution in [0.4, 0.5) is 0 Å². The molecule has 1 heterocycles. The number of hydrogen-bond acceptors (Lipinski definition) is 3. The molecule has 2 rings (SSSR count). The Morgan fingerprint density at radius 1 is 1.15 bits per heavy atom. The van der Waals surface area contributed by atoms with Crippen molar-refractivity contribution in [2.75, 3.05) is 6.61 Å². The highest BCUT2D eigenvalue weighted by Crippen LogP contribution is 2.27. The van der Waals surface area contributed by atoms with E-state index in [1.54, 1.807) is 0 Å². The molecule has 0 bridgehead atoms. The number of nitrogens with zero attached hydrogens (tertiary/aromatic N) is 1. The molecule has 0 fully saturated rings. The number of hydrogen-bond donors (Lipinski definition) is 1. The number of pyridine rings is 1. The first-order valence-electron chi connectivity index (χ1n) is 6.89. The Labute approximate surface area is 120 Å². The van der Waals surface area contributed by atoms with E-state index >= 15 is 0 Å². The van der Waals surface area contributed by atoms with Gasteiger partial charge in [0.1, 0.15) is 5.75 Å². The SMILES string of the molecule is Cc1ccc(-c2ccc(CO)c(OCC(C)C)c2)cn1. The third kappa shape index (κ3) is 3.58. The average Bonchev–Trinajstić information content (AvgIpc) is 2.45. The predicted octanol–water partition coefficient (Wildman–Crippen LogP) is 3.58. The summed E-state index contributed by atoms with van der Waals surface area (Å²) in [6.45, 7) is 6.80. The highest BCUT2D eigenvalue weighted by molar-refractivity contribution is 5.65. The van der Waals surface area contributed by atoms with Crippen LogP contribution in [-0.2, 0) is 6.61 Å². The summed E-state index contributed by atoms with van der Waals surface area (Å²) in [7, 11) is 0. The zero-order valence-corrected chi connectivity index (χ0v) is 12.3. The second-order valence-corrected chi connectivity index (χ2v) is 5.37. The molecule has 0 spiro atoms. The Balaban J connectivity index is 2.31. The van der Waals surface area contributed by atoms with Crippen molar-refractivity contribution in [2.45, 2.75) is 27.4 Å². The van der Waals surface area contributed by atoms with Gasteiger partial charge in [0.05, 0.1) is 13.2 Å². The number of ether oxygens (including phenoxy) is 1. The summed E-state index contributed by atoms with van der Waals surface area (Å²) < 4.78 is 5.79. The molecular weight excluding hydrogens is 250 g/mol. The third-order valence-electron chi connectivity index (χ3n) is 3.05. The molecule has 0 saturated carbocycles. The molecule has 20 heavy (non-hydrogen) atoms. The van der Waals surface area contributed by atoms with E-state index in [2.05, 4.69) is 18.8 Å². The topological polar surface area (TPSA) is 42.4 Å². The Bertz CT molecular complexity index is 562. The number of aliphatic hydroxyl groups excluding tert-OH is 1. The lowest BCUT2D eigenvalue weighted by Gasteiger charge is -2.13. The van der Waals surface area contributed by atoms with Crippen LogP contribution in [0, 0.1) is 12.8 Å². The van der Waals surface area contributed by atoms with Crippen molar-refractivity contribution in [1.82, 2.24) is 4.98 Å². The lowest BCUT2D eigenvalue weighted by atomic mass is 10.0. The molecule has 0 aliphatic carbocycles. The largest absolute Gasteiger partial charge is 0.493 e. The van der Waals surface area contributed by atoms with Crippen LogP contribution in [0.5, 0.6) is 5.75 Å². The molecule has 0 amide bonds. The zero-order valence-electron chi connectivity index (χ0n) is 12.3. The van der Waals surface area contributed by atoms with Gasteiger partial charge in [-0.05, 0) is 30.5 Å². The number of aromatic nitrogens is 1. The van der Waals surface area contributed by atoms with Crippen molar-refractivity contribution in [3.8, 4) is 16.9 Å². The number of rotatable bonds is 5. The number of aliphatic hydroxyl groups is 1. The monoisotopic (exact) mass is 271 g/mol. The van der Waals surface area contributed by atoms with Gasteiger partial charge < -0.3 is 9.84 Å². The number of aryl methyl sites for hydroxylation is 1. The Morgan fingerprint density at radius 2 is 1.90 bits per heavy atom. The van der Waals surface area contributed by atoms with Crippen LogP contribution < -0.4 is 4.74 Å². The van der Waals surface area contributed by atoms with E-state index in [9.17, 15) is 5.11 Å². The molecule has 0 aliphatic heterocycles. The van der Waals surface area contributed by atoms with Gasteiger partial charge in [0.15, 0.2) is 0 Å². The fraction of sp³-hybridized carbons (Fsp3) is 0.353. The Morgan fingerprint density at radius 3 is 2.50 bits per heavy atom. The van der Waals surface area contributed by atoms with Gasteiger partial charge in [-0.25, -0.2) is 0 Å². The summed E-state index contributed by atoms with van der Waals surface area (Å²) in [6, 6.07) is 9.90. The Kier molecular flexibility index (Phi) is 4.74. The van der Waals surface area contributed by atoms with Crippen molar-refractivity contribution >= 4 is 0 Å².